The second-order valence-electron chi connectivity index (χ2n) is 9.89. The Bertz CT molecular complexity index is 1060. The topological polar surface area (TPSA) is 74.2 Å². The van der Waals surface area contributed by atoms with E-state index in [1.54, 1.807) is 12.3 Å². The third-order valence-corrected chi connectivity index (χ3v) is 6.08. The maximum absolute atomic E-state index is 10.6. The largest absolute Gasteiger partial charge is 0.507 e. The number of rotatable bonds is 3. The standard InChI is InChI=1S/C24H31N5O/c1-15-13-25-14-16-9-19(21(30)10-18(15)16)20-7-8-22(27-26-20)29(6)17-11-23(2,3)28-24(4,5)12-17/h7-10,13-14,17,28,30H,11-12H2,1-6H3. The number of aromatic hydroxyl groups is 1. The zero-order chi connectivity index (χ0) is 21.7. The lowest BCUT2D eigenvalue weighted by Crippen LogP contribution is -2.62. The second kappa shape index (κ2) is 7.20. The first-order chi connectivity index (χ1) is 14.0. The summed E-state index contributed by atoms with van der Waals surface area (Å²) in [5.74, 6) is 1.05. The number of piperidine rings is 1. The lowest BCUT2D eigenvalue weighted by molar-refractivity contribution is 0.160. The molecule has 30 heavy (non-hydrogen) atoms. The van der Waals surface area contributed by atoms with Gasteiger partial charge in [-0.15, -0.1) is 10.2 Å². The monoisotopic (exact) mass is 405 g/mol. The van der Waals surface area contributed by atoms with Crippen molar-refractivity contribution < 1.29 is 5.11 Å². The van der Waals surface area contributed by atoms with Gasteiger partial charge in [0.2, 0.25) is 0 Å². The highest BCUT2D eigenvalue weighted by molar-refractivity contribution is 5.91. The molecule has 3 aromatic rings. The highest BCUT2D eigenvalue weighted by Crippen LogP contribution is 2.35. The number of aromatic nitrogens is 3. The molecule has 0 radical (unpaired) electrons. The molecule has 1 aliphatic rings. The number of benzene rings is 1. The van der Waals surface area contributed by atoms with E-state index >= 15 is 0 Å². The number of aryl methyl sites for hydroxylation is 1. The summed E-state index contributed by atoms with van der Waals surface area (Å²) in [7, 11) is 2.09. The predicted octanol–water partition coefficient (Wildman–Crippen LogP) is 4.45. The summed E-state index contributed by atoms with van der Waals surface area (Å²) >= 11 is 0. The number of fused-ring (bicyclic) bond motifs is 1. The van der Waals surface area contributed by atoms with Gasteiger partial charge in [-0.25, -0.2) is 0 Å². The van der Waals surface area contributed by atoms with Crippen LogP contribution in [0.5, 0.6) is 5.75 Å². The number of anilines is 1. The zero-order valence-electron chi connectivity index (χ0n) is 18.7. The normalized spacial score (nSPS) is 18.5. The van der Waals surface area contributed by atoms with Crippen molar-refractivity contribution in [3.05, 3.63) is 42.2 Å². The van der Waals surface area contributed by atoms with E-state index in [0.717, 1.165) is 35.0 Å². The van der Waals surface area contributed by atoms with Gasteiger partial charge in [-0.3, -0.25) is 4.98 Å². The molecule has 1 fully saturated rings. The summed E-state index contributed by atoms with van der Waals surface area (Å²) in [5, 5.41) is 25.2. The molecular formula is C24H31N5O. The summed E-state index contributed by atoms with van der Waals surface area (Å²) in [4.78, 5) is 6.49. The summed E-state index contributed by atoms with van der Waals surface area (Å²) in [6.45, 7) is 11.0. The van der Waals surface area contributed by atoms with Crippen LogP contribution in [0.1, 0.15) is 46.1 Å². The van der Waals surface area contributed by atoms with Crippen LogP contribution in [0.4, 0.5) is 5.82 Å². The van der Waals surface area contributed by atoms with E-state index in [-0.39, 0.29) is 16.8 Å². The molecule has 158 valence electrons. The lowest BCUT2D eigenvalue weighted by Gasteiger charge is -2.49. The molecule has 1 saturated heterocycles. The number of hydrogen-bond donors (Lipinski definition) is 2. The average molecular weight is 406 g/mol. The van der Waals surface area contributed by atoms with Gasteiger partial charge in [-0.05, 0) is 82.7 Å². The van der Waals surface area contributed by atoms with Crippen LogP contribution in [0.3, 0.4) is 0 Å². The third kappa shape index (κ3) is 3.97. The minimum absolute atomic E-state index is 0.0666. The Morgan fingerprint density at radius 1 is 1.03 bits per heavy atom. The van der Waals surface area contributed by atoms with Gasteiger partial charge >= 0.3 is 0 Å². The van der Waals surface area contributed by atoms with Crippen LogP contribution < -0.4 is 10.2 Å². The predicted molar refractivity (Wildman–Crippen MR) is 122 cm³/mol. The van der Waals surface area contributed by atoms with Crippen molar-refractivity contribution in [2.75, 3.05) is 11.9 Å². The number of hydrogen-bond acceptors (Lipinski definition) is 6. The number of phenols is 1. The lowest BCUT2D eigenvalue weighted by atomic mass is 9.79. The van der Waals surface area contributed by atoms with Crippen LogP contribution in [-0.4, -0.2) is 44.5 Å². The molecule has 0 unspecified atom stereocenters. The Labute approximate surface area is 178 Å². The van der Waals surface area contributed by atoms with E-state index in [9.17, 15) is 5.11 Å². The first-order valence-electron chi connectivity index (χ1n) is 10.5. The molecule has 0 bridgehead atoms. The van der Waals surface area contributed by atoms with Crippen molar-refractivity contribution in [3.63, 3.8) is 0 Å². The Kier molecular flexibility index (Phi) is 4.93. The van der Waals surface area contributed by atoms with Gasteiger partial charge in [0.25, 0.3) is 0 Å². The summed E-state index contributed by atoms with van der Waals surface area (Å²) in [6.07, 6.45) is 5.68. The Hall–Kier alpha value is -2.73. The van der Waals surface area contributed by atoms with E-state index in [0.29, 0.717) is 17.3 Å². The summed E-state index contributed by atoms with van der Waals surface area (Å²) < 4.78 is 0. The minimum atomic E-state index is 0.0666. The maximum atomic E-state index is 10.6. The van der Waals surface area contributed by atoms with Gasteiger partial charge in [0.05, 0.1) is 5.69 Å². The van der Waals surface area contributed by atoms with Crippen molar-refractivity contribution >= 4 is 16.6 Å². The van der Waals surface area contributed by atoms with E-state index in [4.69, 9.17) is 0 Å². The fourth-order valence-electron chi connectivity index (χ4n) is 4.94. The number of pyridine rings is 1. The first kappa shape index (κ1) is 20.5. The van der Waals surface area contributed by atoms with Crippen LogP contribution in [0.2, 0.25) is 0 Å². The molecule has 2 aromatic heterocycles. The van der Waals surface area contributed by atoms with Gasteiger partial charge < -0.3 is 15.3 Å². The Morgan fingerprint density at radius 3 is 2.37 bits per heavy atom. The number of nitrogens with zero attached hydrogens (tertiary/aromatic N) is 4. The molecule has 1 aliphatic heterocycles. The van der Waals surface area contributed by atoms with Crippen molar-refractivity contribution in [2.24, 2.45) is 0 Å². The third-order valence-electron chi connectivity index (χ3n) is 6.08. The molecule has 0 aliphatic carbocycles. The van der Waals surface area contributed by atoms with Crippen LogP contribution >= 0.6 is 0 Å². The van der Waals surface area contributed by atoms with E-state index in [1.165, 1.54) is 0 Å². The molecule has 3 heterocycles. The Balaban J connectivity index is 1.62. The first-order valence-corrected chi connectivity index (χ1v) is 10.5. The fraction of sp³-hybridized carbons (Fsp3) is 0.458. The molecule has 6 nitrogen and oxygen atoms in total. The van der Waals surface area contributed by atoms with Crippen LogP contribution in [0.25, 0.3) is 22.0 Å². The fourth-order valence-corrected chi connectivity index (χ4v) is 4.94. The zero-order valence-corrected chi connectivity index (χ0v) is 18.7. The van der Waals surface area contributed by atoms with Crippen molar-refractivity contribution in [1.29, 1.82) is 0 Å². The van der Waals surface area contributed by atoms with Gasteiger partial charge in [-0.2, -0.15) is 0 Å². The molecule has 6 heteroatoms. The molecule has 0 atom stereocenters. The van der Waals surface area contributed by atoms with Crippen molar-refractivity contribution in [1.82, 2.24) is 20.5 Å². The molecule has 1 aromatic carbocycles. The molecule has 0 amide bonds. The highest BCUT2D eigenvalue weighted by Gasteiger charge is 2.39. The molecule has 4 rings (SSSR count). The van der Waals surface area contributed by atoms with Crippen LogP contribution in [0, 0.1) is 6.92 Å². The van der Waals surface area contributed by atoms with Gasteiger partial charge in [-0.1, -0.05) is 0 Å². The van der Waals surface area contributed by atoms with Crippen LogP contribution in [-0.2, 0) is 0 Å². The van der Waals surface area contributed by atoms with E-state index < -0.39 is 0 Å². The van der Waals surface area contributed by atoms with Crippen molar-refractivity contribution in [2.45, 2.75) is 64.6 Å². The van der Waals surface area contributed by atoms with Crippen molar-refractivity contribution in [3.8, 4) is 17.0 Å². The van der Waals surface area contributed by atoms with Gasteiger partial charge in [0.15, 0.2) is 5.82 Å². The minimum Gasteiger partial charge on any atom is -0.507 e. The number of phenolic OH excluding ortho intramolecular Hbond substituents is 1. The molecular weight excluding hydrogens is 374 g/mol. The maximum Gasteiger partial charge on any atom is 0.151 e. The summed E-state index contributed by atoms with van der Waals surface area (Å²) in [6, 6.07) is 8.00. The average Bonchev–Trinajstić information content (AvgIpc) is 2.65. The molecule has 0 saturated carbocycles. The molecule has 2 N–H and O–H groups in total. The highest BCUT2D eigenvalue weighted by atomic mass is 16.3. The Morgan fingerprint density at radius 2 is 1.73 bits per heavy atom. The number of nitrogens with one attached hydrogen (secondary N) is 1. The van der Waals surface area contributed by atoms with E-state index in [2.05, 4.69) is 60.1 Å². The van der Waals surface area contributed by atoms with Gasteiger partial charge in [0, 0.05) is 47.5 Å². The van der Waals surface area contributed by atoms with Gasteiger partial charge in [0.1, 0.15) is 5.75 Å². The van der Waals surface area contributed by atoms with E-state index in [1.807, 2.05) is 31.3 Å². The second-order valence-corrected chi connectivity index (χ2v) is 9.89. The smallest absolute Gasteiger partial charge is 0.151 e. The molecule has 0 spiro atoms. The quantitative estimate of drug-likeness (QED) is 0.671. The summed E-state index contributed by atoms with van der Waals surface area (Å²) in [5.41, 5.74) is 2.48. The van der Waals surface area contributed by atoms with Crippen LogP contribution in [0.15, 0.2) is 36.7 Å². The SMILES string of the molecule is Cc1cncc2cc(-c3ccc(N(C)C4CC(C)(C)NC(C)(C)C4)nn3)c(O)cc12.